The Bertz CT molecular complexity index is 101. The third kappa shape index (κ3) is 0.510. The molecule has 1 unspecified atom stereocenters. The summed E-state index contributed by atoms with van der Waals surface area (Å²) in [6, 6.07) is 0. The Hall–Kier alpha value is -0.0400. The summed E-state index contributed by atoms with van der Waals surface area (Å²) >= 11 is 0. The van der Waals surface area contributed by atoms with E-state index in [1.165, 1.54) is 19.3 Å². The zero-order valence-corrected chi connectivity index (χ0v) is 5.31. The Labute approximate surface area is 50.0 Å². The Kier molecular flexibility index (Phi) is 0.762. The van der Waals surface area contributed by atoms with Gasteiger partial charge in [0.25, 0.3) is 0 Å². The van der Waals surface area contributed by atoms with Crippen LogP contribution in [0.25, 0.3) is 0 Å². The fraction of sp³-hybridized carbons (Fsp3) is 1.00. The van der Waals surface area contributed by atoms with Crippen molar-refractivity contribution in [3.63, 3.8) is 0 Å². The number of fused-ring (bicyclic) bond motifs is 2. The van der Waals surface area contributed by atoms with Gasteiger partial charge in [-0.05, 0) is 32.1 Å². The monoisotopic (exact) mass is 112 g/mol. The highest BCUT2D eigenvalue weighted by Gasteiger charge is 2.42. The van der Waals surface area contributed by atoms with E-state index in [0.717, 1.165) is 12.5 Å². The highest BCUT2D eigenvalue weighted by Crippen LogP contribution is 2.43. The summed E-state index contributed by atoms with van der Waals surface area (Å²) < 4.78 is 5.54. The second-order valence-corrected chi connectivity index (χ2v) is 3.37. The summed E-state index contributed by atoms with van der Waals surface area (Å²) in [4.78, 5) is 0. The van der Waals surface area contributed by atoms with Crippen molar-refractivity contribution >= 4 is 0 Å². The van der Waals surface area contributed by atoms with Crippen molar-refractivity contribution < 1.29 is 4.74 Å². The Morgan fingerprint density at radius 1 is 1.62 bits per heavy atom. The first-order valence-corrected chi connectivity index (χ1v) is 3.42. The molecule has 1 aliphatic carbocycles. The van der Waals surface area contributed by atoms with Crippen LogP contribution in [0.1, 0.15) is 26.2 Å². The largest absolute Gasteiger partial charge is 0.375 e. The van der Waals surface area contributed by atoms with Crippen LogP contribution >= 0.6 is 0 Å². The van der Waals surface area contributed by atoms with Crippen LogP contribution in [0.5, 0.6) is 0 Å². The molecule has 1 saturated carbocycles. The van der Waals surface area contributed by atoms with E-state index in [1.807, 2.05) is 0 Å². The van der Waals surface area contributed by atoms with Gasteiger partial charge in [0.1, 0.15) is 0 Å². The van der Waals surface area contributed by atoms with E-state index in [9.17, 15) is 0 Å². The van der Waals surface area contributed by atoms with Crippen molar-refractivity contribution in [2.45, 2.75) is 31.8 Å². The van der Waals surface area contributed by atoms with Crippen molar-refractivity contribution in [3.8, 4) is 0 Å². The summed E-state index contributed by atoms with van der Waals surface area (Å²) in [5.41, 5.74) is 0.310. The highest BCUT2D eigenvalue weighted by molar-refractivity contribution is 4.92. The third-order valence-corrected chi connectivity index (χ3v) is 2.47. The highest BCUT2D eigenvalue weighted by atomic mass is 16.5. The number of hydrogen-bond donors (Lipinski definition) is 0. The van der Waals surface area contributed by atoms with Crippen LogP contribution in [0.2, 0.25) is 0 Å². The van der Waals surface area contributed by atoms with Gasteiger partial charge in [-0.15, -0.1) is 0 Å². The average molecular weight is 112 g/mol. The van der Waals surface area contributed by atoms with E-state index < -0.39 is 0 Å². The molecule has 1 aliphatic heterocycles. The molecular formula is C7H12O. The quantitative estimate of drug-likeness (QED) is 0.462. The maximum atomic E-state index is 5.54. The predicted molar refractivity (Wildman–Crippen MR) is 31.7 cm³/mol. The summed E-state index contributed by atoms with van der Waals surface area (Å²) in [6.07, 6.45) is 4.04. The minimum Gasteiger partial charge on any atom is -0.375 e. The zero-order valence-electron chi connectivity index (χ0n) is 5.31. The van der Waals surface area contributed by atoms with Crippen LogP contribution in [0.3, 0.4) is 0 Å². The molecule has 0 aromatic heterocycles. The second kappa shape index (κ2) is 1.27. The van der Waals surface area contributed by atoms with Crippen molar-refractivity contribution in [2.24, 2.45) is 5.92 Å². The van der Waals surface area contributed by atoms with Crippen molar-refractivity contribution in [2.75, 3.05) is 6.61 Å². The normalized spacial score (nSPS) is 52.9. The minimum atomic E-state index is 0.310. The van der Waals surface area contributed by atoms with Gasteiger partial charge in [0.15, 0.2) is 0 Å². The van der Waals surface area contributed by atoms with E-state index in [1.54, 1.807) is 0 Å². The Balaban J connectivity index is 2.19. The molecular weight excluding hydrogens is 100 g/mol. The van der Waals surface area contributed by atoms with E-state index >= 15 is 0 Å². The average Bonchev–Trinajstić information content (AvgIpc) is 2.21. The lowest BCUT2D eigenvalue weighted by molar-refractivity contribution is -0.00208. The van der Waals surface area contributed by atoms with Crippen molar-refractivity contribution in [1.82, 2.24) is 0 Å². The second-order valence-electron chi connectivity index (χ2n) is 3.37. The van der Waals surface area contributed by atoms with Gasteiger partial charge in [0, 0.05) is 0 Å². The minimum absolute atomic E-state index is 0.310. The fourth-order valence-electron chi connectivity index (χ4n) is 1.92. The van der Waals surface area contributed by atoms with Gasteiger partial charge in [-0.1, -0.05) is 0 Å². The van der Waals surface area contributed by atoms with E-state index in [4.69, 9.17) is 4.74 Å². The summed E-state index contributed by atoms with van der Waals surface area (Å²) in [5.74, 6) is 0.917. The lowest BCUT2D eigenvalue weighted by Gasteiger charge is -2.20. The molecule has 1 saturated heterocycles. The summed E-state index contributed by atoms with van der Waals surface area (Å²) in [6.45, 7) is 3.27. The summed E-state index contributed by atoms with van der Waals surface area (Å²) in [5, 5.41) is 0. The number of hydrogen-bond acceptors (Lipinski definition) is 1. The molecule has 2 rings (SSSR count). The molecule has 0 radical (unpaired) electrons. The van der Waals surface area contributed by atoms with Gasteiger partial charge >= 0.3 is 0 Å². The molecule has 0 N–H and O–H groups in total. The lowest BCUT2D eigenvalue weighted by Crippen LogP contribution is -2.20. The maximum absolute atomic E-state index is 5.54. The molecule has 1 heterocycles. The van der Waals surface area contributed by atoms with Crippen LogP contribution in [0.4, 0.5) is 0 Å². The summed E-state index contributed by atoms with van der Waals surface area (Å²) in [7, 11) is 0. The first-order valence-electron chi connectivity index (χ1n) is 3.42. The van der Waals surface area contributed by atoms with Crippen LogP contribution in [0, 0.1) is 5.92 Å². The lowest BCUT2D eigenvalue weighted by atomic mass is 10.1. The molecule has 0 amide bonds. The van der Waals surface area contributed by atoms with E-state index in [0.29, 0.717) is 5.60 Å². The maximum Gasteiger partial charge on any atom is 0.0658 e. The third-order valence-electron chi connectivity index (χ3n) is 2.47. The van der Waals surface area contributed by atoms with E-state index in [2.05, 4.69) is 6.92 Å². The molecule has 2 atom stereocenters. The van der Waals surface area contributed by atoms with Gasteiger partial charge in [0.05, 0.1) is 12.2 Å². The first-order chi connectivity index (χ1) is 3.79. The SMILES string of the molecule is C[C@]12CCC(CO1)C2. The Morgan fingerprint density at radius 3 is 2.62 bits per heavy atom. The molecule has 46 valence electrons. The van der Waals surface area contributed by atoms with Gasteiger partial charge in [0.2, 0.25) is 0 Å². The van der Waals surface area contributed by atoms with Crippen LogP contribution in [-0.4, -0.2) is 12.2 Å². The molecule has 1 heteroatoms. The van der Waals surface area contributed by atoms with Gasteiger partial charge in [-0.25, -0.2) is 0 Å². The van der Waals surface area contributed by atoms with Crippen molar-refractivity contribution in [3.05, 3.63) is 0 Å². The standard InChI is InChI=1S/C7H12O/c1-7-3-2-6(4-7)5-8-7/h6H,2-5H2,1H3/t6?,7-/m1/s1. The van der Waals surface area contributed by atoms with Gasteiger partial charge in [-0.3, -0.25) is 0 Å². The zero-order chi connectivity index (χ0) is 5.61. The van der Waals surface area contributed by atoms with Crippen LogP contribution in [0.15, 0.2) is 0 Å². The first kappa shape index (κ1) is 4.80. The molecule has 2 aliphatic rings. The topological polar surface area (TPSA) is 9.23 Å². The smallest absolute Gasteiger partial charge is 0.0658 e. The van der Waals surface area contributed by atoms with Crippen LogP contribution in [-0.2, 0) is 4.74 Å². The predicted octanol–water partition coefficient (Wildman–Crippen LogP) is 1.58. The van der Waals surface area contributed by atoms with Crippen molar-refractivity contribution in [1.29, 1.82) is 0 Å². The Morgan fingerprint density at radius 2 is 2.50 bits per heavy atom. The molecule has 1 nitrogen and oxygen atoms in total. The number of ether oxygens (including phenoxy) is 1. The number of rotatable bonds is 0. The molecule has 0 spiro atoms. The molecule has 2 fully saturated rings. The van der Waals surface area contributed by atoms with Gasteiger partial charge in [-0.2, -0.15) is 0 Å². The van der Waals surface area contributed by atoms with E-state index in [-0.39, 0.29) is 0 Å². The molecule has 2 bridgehead atoms. The molecule has 0 aromatic rings. The van der Waals surface area contributed by atoms with Crippen LogP contribution < -0.4 is 0 Å². The van der Waals surface area contributed by atoms with Gasteiger partial charge < -0.3 is 4.74 Å². The molecule has 0 aromatic carbocycles. The molecule has 8 heavy (non-hydrogen) atoms. The fourth-order valence-corrected chi connectivity index (χ4v) is 1.92.